The number of nitrogens with zero attached hydrogens (tertiary/aromatic N) is 2. The third-order valence-electron chi connectivity index (χ3n) is 3.14. The van der Waals surface area contributed by atoms with Crippen LogP contribution in [0.4, 0.5) is 0 Å². The Morgan fingerprint density at radius 2 is 1.94 bits per heavy atom. The standard InChI is InChI=1S/C14H18N2O/c1-10-4-5-14(8-11(10)2)16-9-13(6-7-17)12(3)15-16/h4-5,8-9,17H,6-7H2,1-3H3. The summed E-state index contributed by atoms with van der Waals surface area (Å²) >= 11 is 0. The quantitative estimate of drug-likeness (QED) is 0.878. The Kier molecular flexibility index (Phi) is 3.29. The molecule has 2 aromatic rings. The zero-order chi connectivity index (χ0) is 12.4. The maximum atomic E-state index is 8.97. The maximum Gasteiger partial charge on any atom is 0.0648 e. The lowest BCUT2D eigenvalue weighted by Gasteiger charge is -2.04. The Balaban J connectivity index is 2.39. The van der Waals surface area contributed by atoms with Gasteiger partial charge in [-0.2, -0.15) is 5.10 Å². The number of aliphatic hydroxyl groups excluding tert-OH is 1. The van der Waals surface area contributed by atoms with Crippen LogP contribution in [0.5, 0.6) is 0 Å². The van der Waals surface area contributed by atoms with Gasteiger partial charge < -0.3 is 5.11 Å². The van der Waals surface area contributed by atoms with Crippen molar-refractivity contribution in [3.63, 3.8) is 0 Å². The zero-order valence-corrected chi connectivity index (χ0v) is 10.6. The molecule has 0 radical (unpaired) electrons. The summed E-state index contributed by atoms with van der Waals surface area (Å²) in [4.78, 5) is 0. The molecule has 1 aromatic heterocycles. The second kappa shape index (κ2) is 4.72. The first-order valence-electron chi connectivity index (χ1n) is 5.85. The summed E-state index contributed by atoms with van der Waals surface area (Å²) in [5.41, 5.74) is 5.70. The molecule has 0 spiro atoms. The molecule has 0 aliphatic carbocycles. The van der Waals surface area contributed by atoms with E-state index in [1.807, 2.05) is 17.8 Å². The fourth-order valence-electron chi connectivity index (χ4n) is 1.86. The monoisotopic (exact) mass is 230 g/mol. The van der Waals surface area contributed by atoms with Crippen LogP contribution in [0.25, 0.3) is 5.69 Å². The molecule has 90 valence electrons. The van der Waals surface area contributed by atoms with Crippen LogP contribution < -0.4 is 0 Å². The van der Waals surface area contributed by atoms with Crippen molar-refractivity contribution in [3.05, 3.63) is 46.8 Å². The van der Waals surface area contributed by atoms with Crippen molar-refractivity contribution < 1.29 is 5.11 Å². The van der Waals surface area contributed by atoms with Gasteiger partial charge in [-0.15, -0.1) is 0 Å². The number of hydrogen-bond acceptors (Lipinski definition) is 2. The van der Waals surface area contributed by atoms with Gasteiger partial charge in [0.1, 0.15) is 0 Å². The Morgan fingerprint density at radius 3 is 2.59 bits per heavy atom. The Morgan fingerprint density at radius 1 is 1.18 bits per heavy atom. The van der Waals surface area contributed by atoms with Crippen molar-refractivity contribution in [2.75, 3.05) is 6.61 Å². The third-order valence-corrected chi connectivity index (χ3v) is 3.14. The molecule has 3 nitrogen and oxygen atoms in total. The van der Waals surface area contributed by atoms with Crippen molar-refractivity contribution in [1.29, 1.82) is 0 Å². The first-order valence-corrected chi connectivity index (χ1v) is 5.85. The first kappa shape index (κ1) is 11.9. The molecule has 1 heterocycles. The molecule has 0 bridgehead atoms. The van der Waals surface area contributed by atoms with Gasteiger partial charge >= 0.3 is 0 Å². The van der Waals surface area contributed by atoms with E-state index in [-0.39, 0.29) is 6.61 Å². The predicted molar refractivity (Wildman–Crippen MR) is 68.6 cm³/mol. The number of hydrogen-bond donors (Lipinski definition) is 1. The molecule has 0 aliphatic heterocycles. The van der Waals surface area contributed by atoms with Crippen LogP contribution in [0.2, 0.25) is 0 Å². The van der Waals surface area contributed by atoms with Crippen molar-refractivity contribution in [2.45, 2.75) is 27.2 Å². The second-order valence-electron chi connectivity index (χ2n) is 4.43. The van der Waals surface area contributed by atoms with Gasteiger partial charge in [0.15, 0.2) is 0 Å². The average molecular weight is 230 g/mol. The molecule has 0 saturated heterocycles. The molecule has 0 saturated carbocycles. The first-order chi connectivity index (χ1) is 8.11. The highest BCUT2D eigenvalue weighted by molar-refractivity contribution is 5.39. The van der Waals surface area contributed by atoms with E-state index in [1.165, 1.54) is 11.1 Å². The van der Waals surface area contributed by atoms with Gasteiger partial charge in [0, 0.05) is 12.8 Å². The van der Waals surface area contributed by atoms with Gasteiger partial charge in [-0.3, -0.25) is 0 Å². The topological polar surface area (TPSA) is 38.0 Å². The summed E-state index contributed by atoms with van der Waals surface area (Å²) in [6, 6.07) is 6.30. The Bertz CT molecular complexity index is 529. The Labute approximate surface area is 102 Å². The SMILES string of the molecule is Cc1ccc(-n2cc(CCO)c(C)n2)cc1C. The number of benzene rings is 1. The van der Waals surface area contributed by atoms with Gasteiger partial charge in [-0.05, 0) is 56.0 Å². The van der Waals surface area contributed by atoms with Gasteiger partial charge in [-0.1, -0.05) is 6.07 Å². The molecule has 1 aromatic carbocycles. The predicted octanol–water partition coefficient (Wildman–Crippen LogP) is 2.33. The molecular weight excluding hydrogens is 212 g/mol. The van der Waals surface area contributed by atoms with E-state index in [1.54, 1.807) is 0 Å². The summed E-state index contributed by atoms with van der Waals surface area (Å²) in [5.74, 6) is 0. The molecule has 0 unspecified atom stereocenters. The highest BCUT2D eigenvalue weighted by atomic mass is 16.2. The highest BCUT2D eigenvalue weighted by Crippen LogP contribution is 2.16. The Hall–Kier alpha value is -1.61. The number of aromatic nitrogens is 2. The van der Waals surface area contributed by atoms with Gasteiger partial charge in [-0.25, -0.2) is 4.68 Å². The summed E-state index contributed by atoms with van der Waals surface area (Å²) in [6.45, 7) is 6.34. The van der Waals surface area contributed by atoms with E-state index in [9.17, 15) is 0 Å². The zero-order valence-electron chi connectivity index (χ0n) is 10.6. The fraction of sp³-hybridized carbons (Fsp3) is 0.357. The van der Waals surface area contributed by atoms with Crippen LogP contribution in [-0.4, -0.2) is 21.5 Å². The van der Waals surface area contributed by atoms with Crippen LogP contribution in [0.3, 0.4) is 0 Å². The largest absolute Gasteiger partial charge is 0.396 e. The molecule has 3 heteroatoms. The van der Waals surface area contributed by atoms with Crippen LogP contribution in [-0.2, 0) is 6.42 Å². The van der Waals surface area contributed by atoms with E-state index in [2.05, 4.69) is 37.1 Å². The van der Waals surface area contributed by atoms with E-state index in [4.69, 9.17) is 5.11 Å². The molecular formula is C14H18N2O. The van der Waals surface area contributed by atoms with Gasteiger partial charge in [0.25, 0.3) is 0 Å². The lowest BCUT2D eigenvalue weighted by atomic mass is 10.1. The fourth-order valence-corrected chi connectivity index (χ4v) is 1.86. The highest BCUT2D eigenvalue weighted by Gasteiger charge is 2.06. The lowest BCUT2D eigenvalue weighted by molar-refractivity contribution is 0.299. The molecule has 0 amide bonds. The van der Waals surface area contributed by atoms with Crippen molar-refractivity contribution in [2.24, 2.45) is 0 Å². The number of aliphatic hydroxyl groups is 1. The summed E-state index contributed by atoms with van der Waals surface area (Å²) in [5, 5.41) is 13.4. The van der Waals surface area contributed by atoms with Crippen molar-refractivity contribution in [1.82, 2.24) is 9.78 Å². The second-order valence-corrected chi connectivity index (χ2v) is 4.43. The van der Waals surface area contributed by atoms with Crippen molar-refractivity contribution >= 4 is 0 Å². The van der Waals surface area contributed by atoms with Gasteiger partial charge in [0.05, 0.1) is 11.4 Å². The molecule has 17 heavy (non-hydrogen) atoms. The molecule has 0 aliphatic rings. The third kappa shape index (κ3) is 2.39. The molecule has 0 fully saturated rings. The van der Waals surface area contributed by atoms with E-state index >= 15 is 0 Å². The van der Waals surface area contributed by atoms with Crippen LogP contribution in [0, 0.1) is 20.8 Å². The number of aryl methyl sites for hydroxylation is 3. The average Bonchev–Trinajstić information content (AvgIpc) is 2.65. The van der Waals surface area contributed by atoms with E-state index in [0.29, 0.717) is 6.42 Å². The number of rotatable bonds is 3. The maximum absolute atomic E-state index is 8.97. The molecule has 0 atom stereocenters. The summed E-state index contributed by atoms with van der Waals surface area (Å²) < 4.78 is 1.88. The minimum absolute atomic E-state index is 0.166. The smallest absolute Gasteiger partial charge is 0.0648 e. The molecule has 1 N–H and O–H groups in total. The van der Waals surface area contributed by atoms with Crippen LogP contribution in [0.1, 0.15) is 22.4 Å². The van der Waals surface area contributed by atoms with Crippen molar-refractivity contribution in [3.8, 4) is 5.69 Å². The van der Waals surface area contributed by atoms with E-state index < -0.39 is 0 Å². The normalized spacial score (nSPS) is 10.8. The lowest BCUT2D eigenvalue weighted by Crippen LogP contribution is -1.96. The van der Waals surface area contributed by atoms with Gasteiger partial charge in [0.2, 0.25) is 0 Å². The summed E-state index contributed by atoms with van der Waals surface area (Å²) in [6.07, 6.45) is 2.66. The molecule has 2 rings (SSSR count). The van der Waals surface area contributed by atoms with Crippen LogP contribution >= 0.6 is 0 Å². The minimum Gasteiger partial charge on any atom is -0.396 e. The van der Waals surface area contributed by atoms with E-state index in [0.717, 1.165) is 16.9 Å². The van der Waals surface area contributed by atoms with Crippen LogP contribution in [0.15, 0.2) is 24.4 Å². The minimum atomic E-state index is 0.166. The summed E-state index contributed by atoms with van der Waals surface area (Å²) in [7, 11) is 0.